The predicted molar refractivity (Wildman–Crippen MR) is 62.3 cm³/mol. The summed E-state index contributed by atoms with van der Waals surface area (Å²) in [5, 5.41) is 18.9. The molecule has 0 aliphatic heterocycles. The molecule has 0 fully saturated rings. The second kappa shape index (κ2) is 5.35. The first-order valence-corrected chi connectivity index (χ1v) is 5.21. The molecule has 0 radical (unpaired) electrons. The third kappa shape index (κ3) is 2.84. The largest absolute Gasteiger partial charge is 0.394 e. The molecule has 15 heavy (non-hydrogen) atoms. The van der Waals surface area contributed by atoms with E-state index in [1.807, 2.05) is 24.9 Å². The van der Waals surface area contributed by atoms with Crippen molar-refractivity contribution >= 4 is 17.3 Å². The van der Waals surface area contributed by atoms with Crippen LogP contribution in [-0.4, -0.2) is 29.9 Å². The first-order valence-electron chi connectivity index (χ1n) is 4.83. The number of rotatable bonds is 4. The topological polar surface area (TPSA) is 43.7 Å². The molecule has 1 rings (SSSR count). The first-order chi connectivity index (χ1) is 7.10. The number of aliphatic hydroxyl groups is 2. The average molecular weight is 230 g/mol. The Labute approximate surface area is 94.9 Å². The highest BCUT2D eigenvalue weighted by molar-refractivity contribution is 6.30. The van der Waals surface area contributed by atoms with Crippen molar-refractivity contribution in [3.63, 3.8) is 0 Å². The van der Waals surface area contributed by atoms with Crippen LogP contribution in [0.1, 0.15) is 12.5 Å². The Kier molecular flexibility index (Phi) is 4.39. The van der Waals surface area contributed by atoms with Crippen molar-refractivity contribution in [2.24, 2.45) is 0 Å². The van der Waals surface area contributed by atoms with E-state index < -0.39 is 0 Å². The van der Waals surface area contributed by atoms with Crippen LogP contribution in [0.25, 0.3) is 0 Å². The number of halogens is 1. The van der Waals surface area contributed by atoms with E-state index in [0.717, 1.165) is 11.3 Å². The predicted octanol–water partition coefficient (Wildman–Crippen LogP) is 1.65. The van der Waals surface area contributed by atoms with E-state index in [4.69, 9.17) is 16.7 Å². The Balaban J connectivity index is 3.02. The Morgan fingerprint density at radius 1 is 1.40 bits per heavy atom. The smallest absolute Gasteiger partial charge is 0.0702 e. The lowest BCUT2D eigenvalue weighted by molar-refractivity contribution is 0.267. The average Bonchev–Trinajstić information content (AvgIpc) is 2.26. The molecule has 0 spiro atoms. The zero-order valence-electron chi connectivity index (χ0n) is 8.94. The van der Waals surface area contributed by atoms with Crippen LogP contribution in [0.3, 0.4) is 0 Å². The molecule has 0 saturated heterocycles. The van der Waals surface area contributed by atoms with E-state index in [0.29, 0.717) is 5.02 Å². The van der Waals surface area contributed by atoms with Crippen molar-refractivity contribution in [1.82, 2.24) is 0 Å². The fourth-order valence-electron chi connectivity index (χ4n) is 1.38. The van der Waals surface area contributed by atoms with Gasteiger partial charge in [0.1, 0.15) is 0 Å². The van der Waals surface area contributed by atoms with Crippen LogP contribution in [0.4, 0.5) is 5.69 Å². The summed E-state index contributed by atoms with van der Waals surface area (Å²) in [5.41, 5.74) is 1.66. The number of likely N-dealkylation sites (N-methyl/N-ethyl adjacent to an activating group) is 1. The lowest BCUT2D eigenvalue weighted by Crippen LogP contribution is -2.32. The van der Waals surface area contributed by atoms with Crippen molar-refractivity contribution in [1.29, 1.82) is 0 Å². The van der Waals surface area contributed by atoms with Gasteiger partial charge in [-0.15, -0.1) is 0 Å². The minimum Gasteiger partial charge on any atom is -0.394 e. The summed E-state index contributed by atoms with van der Waals surface area (Å²) in [4.78, 5) is 1.92. The number of anilines is 1. The zero-order chi connectivity index (χ0) is 11.4. The maximum Gasteiger partial charge on any atom is 0.0702 e. The minimum absolute atomic E-state index is 0.0106. The second-order valence-electron chi connectivity index (χ2n) is 3.57. The molecule has 0 aromatic heterocycles. The third-order valence-electron chi connectivity index (χ3n) is 2.52. The molecular formula is C11H16ClNO2. The van der Waals surface area contributed by atoms with Gasteiger partial charge in [-0.3, -0.25) is 0 Å². The van der Waals surface area contributed by atoms with Gasteiger partial charge in [0.25, 0.3) is 0 Å². The molecule has 1 aromatic rings. The summed E-state index contributed by atoms with van der Waals surface area (Å²) >= 11 is 5.83. The quantitative estimate of drug-likeness (QED) is 0.825. The molecular weight excluding hydrogens is 214 g/mol. The lowest BCUT2D eigenvalue weighted by Gasteiger charge is -2.27. The molecule has 84 valence electrons. The van der Waals surface area contributed by atoms with Gasteiger partial charge < -0.3 is 15.1 Å². The maximum absolute atomic E-state index is 9.20. The number of aliphatic hydroxyl groups excluding tert-OH is 2. The van der Waals surface area contributed by atoms with E-state index >= 15 is 0 Å². The van der Waals surface area contributed by atoms with Gasteiger partial charge in [-0.25, -0.2) is 0 Å². The van der Waals surface area contributed by atoms with Gasteiger partial charge in [0.2, 0.25) is 0 Å². The van der Waals surface area contributed by atoms with E-state index in [2.05, 4.69) is 0 Å². The fraction of sp³-hybridized carbons (Fsp3) is 0.455. The van der Waals surface area contributed by atoms with Crippen LogP contribution in [0.15, 0.2) is 18.2 Å². The van der Waals surface area contributed by atoms with Crippen LogP contribution in [-0.2, 0) is 6.61 Å². The van der Waals surface area contributed by atoms with Gasteiger partial charge in [-0.2, -0.15) is 0 Å². The van der Waals surface area contributed by atoms with Gasteiger partial charge in [-0.05, 0) is 25.1 Å². The van der Waals surface area contributed by atoms with Gasteiger partial charge in [0.05, 0.1) is 13.2 Å². The van der Waals surface area contributed by atoms with Crippen molar-refractivity contribution in [3.8, 4) is 0 Å². The number of nitrogens with zero attached hydrogens (tertiary/aromatic N) is 1. The van der Waals surface area contributed by atoms with E-state index in [-0.39, 0.29) is 19.3 Å². The fourth-order valence-corrected chi connectivity index (χ4v) is 1.58. The Morgan fingerprint density at radius 3 is 2.60 bits per heavy atom. The first kappa shape index (κ1) is 12.3. The van der Waals surface area contributed by atoms with Crippen LogP contribution in [0, 0.1) is 0 Å². The van der Waals surface area contributed by atoms with Crippen molar-refractivity contribution in [2.45, 2.75) is 19.6 Å². The van der Waals surface area contributed by atoms with Crippen LogP contribution >= 0.6 is 11.6 Å². The van der Waals surface area contributed by atoms with Crippen molar-refractivity contribution in [3.05, 3.63) is 28.8 Å². The van der Waals surface area contributed by atoms with Gasteiger partial charge in [0, 0.05) is 29.4 Å². The monoisotopic (exact) mass is 229 g/mol. The summed E-state index contributed by atoms with van der Waals surface area (Å²) in [5.74, 6) is 0. The van der Waals surface area contributed by atoms with Crippen molar-refractivity contribution < 1.29 is 10.2 Å². The summed E-state index contributed by atoms with van der Waals surface area (Å²) < 4.78 is 0. The Bertz CT molecular complexity index is 330. The molecule has 2 N–H and O–H groups in total. The lowest BCUT2D eigenvalue weighted by atomic mass is 10.1. The normalized spacial score (nSPS) is 12.6. The number of hydrogen-bond acceptors (Lipinski definition) is 3. The molecule has 1 aromatic carbocycles. The van der Waals surface area contributed by atoms with E-state index in [9.17, 15) is 5.11 Å². The second-order valence-corrected chi connectivity index (χ2v) is 4.01. The summed E-state index contributed by atoms with van der Waals surface area (Å²) in [7, 11) is 1.88. The van der Waals surface area contributed by atoms with Gasteiger partial charge in [-0.1, -0.05) is 11.6 Å². The van der Waals surface area contributed by atoms with Crippen LogP contribution in [0.2, 0.25) is 5.02 Å². The number of hydrogen-bond donors (Lipinski definition) is 2. The van der Waals surface area contributed by atoms with Crippen LogP contribution in [0.5, 0.6) is 0 Å². The molecule has 0 bridgehead atoms. The highest BCUT2D eigenvalue weighted by Crippen LogP contribution is 2.24. The number of benzene rings is 1. The van der Waals surface area contributed by atoms with Crippen LogP contribution < -0.4 is 4.90 Å². The molecule has 0 heterocycles. The molecule has 0 aliphatic carbocycles. The van der Waals surface area contributed by atoms with Gasteiger partial charge >= 0.3 is 0 Å². The summed E-state index contributed by atoms with van der Waals surface area (Å²) in [6.45, 7) is 1.93. The minimum atomic E-state index is -0.0572. The highest BCUT2D eigenvalue weighted by Gasteiger charge is 2.12. The molecule has 0 amide bonds. The molecule has 1 atom stereocenters. The Hall–Kier alpha value is -0.770. The van der Waals surface area contributed by atoms with Crippen molar-refractivity contribution in [2.75, 3.05) is 18.6 Å². The molecule has 3 nitrogen and oxygen atoms in total. The highest BCUT2D eigenvalue weighted by atomic mass is 35.5. The molecule has 4 heteroatoms. The molecule has 1 unspecified atom stereocenters. The Morgan fingerprint density at radius 2 is 2.07 bits per heavy atom. The summed E-state index contributed by atoms with van der Waals surface area (Å²) in [6.07, 6.45) is 0. The summed E-state index contributed by atoms with van der Waals surface area (Å²) in [6, 6.07) is 5.37. The standard InChI is InChI=1S/C11H16ClNO2/c1-8(6-14)13(2)11-4-3-10(12)5-9(11)7-15/h3-5,8,14-15H,6-7H2,1-2H3. The molecule has 0 saturated carbocycles. The van der Waals surface area contributed by atoms with E-state index in [1.165, 1.54) is 0 Å². The maximum atomic E-state index is 9.20. The third-order valence-corrected chi connectivity index (χ3v) is 2.75. The SMILES string of the molecule is CC(CO)N(C)c1ccc(Cl)cc1CO. The molecule has 0 aliphatic rings. The zero-order valence-corrected chi connectivity index (χ0v) is 9.70. The van der Waals surface area contributed by atoms with Gasteiger partial charge in [0.15, 0.2) is 0 Å². The van der Waals surface area contributed by atoms with E-state index in [1.54, 1.807) is 12.1 Å².